The van der Waals surface area contributed by atoms with Crippen LogP contribution in [0.4, 0.5) is 0 Å². The van der Waals surface area contributed by atoms with Gasteiger partial charge in [0.1, 0.15) is 0 Å². The number of hydrogen-bond acceptors (Lipinski definition) is 6. The van der Waals surface area contributed by atoms with Crippen molar-refractivity contribution in [2.24, 2.45) is 0 Å². The fourth-order valence-corrected chi connectivity index (χ4v) is 4.55. The molecule has 0 amide bonds. The lowest BCUT2D eigenvalue weighted by molar-refractivity contribution is -0.452. The summed E-state index contributed by atoms with van der Waals surface area (Å²) in [6.45, 7) is 2.25. The fourth-order valence-electron chi connectivity index (χ4n) is 4.55. The molecule has 1 unspecified atom stereocenters. The van der Waals surface area contributed by atoms with E-state index in [0.717, 1.165) is 5.39 Å². The second kappa shape index (κ2) is 3.88. The van der Waals surface area contributed by atoms with Crippen LogP contribution in [0.1, 0.15) is 18.1 Å². The molecule has 1 aliphatic carbocycles. The van der Waals surface area contributed by atoms with Gasteiger partial charge >= 0.3 is 5.70 Å². The predicted octanol–water partition coefficient (Wildman–Crippen LogP) is 0.939. The van der Waals surface area contributed by atoms with Crippen LogP contribution in [0.2, 0.25) is 0 Å². The molecule has 3 N–H and O–H groups in total. The van der Waals surface area contributed by atoms with E-state index < -0.39 is 21.9 Å². The van der Waals surface area contributed by atoms with Gasteiger partial charge < -0.3 is 20.4 Å². The molecule has 3 aliphatic rings. The van der Waals surface area contributed by atoms with Crippen LogP contribution in [0.5, 0.6) is 0 Å². The second-order valence-corrected chi connectivity index (χ2v) is 6.70. The zero-order valence-corrected chi connectivity index (χ0v) is 12.9. The van der Waals surface area contributed by atoms with Crippen LogP contribution in [-0.4, -0.2) is 32.6 Å². The average Bonchev–Trinajstić information content (AvgIpc) is 3.07. The van der Waals surface area contributed by atoms with Gasteiger partial charge in [0.25, 0.3) is 0 Å². The summed E-state index contributed by atoms with van der Waals surface area (Å²) in [6.07, 6.45) is 0. The molecule has 2 aromatic carbocycles. The zero-order chi connectivity index (χ0) is 16.9. The highest BCUT2D eigenvalue weighted by atomic mass is 16.6. The quantitative estimate of drug-likeness (QED) is 0.533. The van der Waals surface area contributed by atoms with Gasteiger partial charge in [-0.3, -0.25) is 10.1 Å². The van der Waals surface area contributed by atoms with Crippen LogP contribution < -0.4 is 5.32 Å². The van der Waals surface area contributed by atoms with E-state index in [4.69, 9.17) is 0 Å². The molecule has 7 heteroatoms. The SMILES string of the molecule is CC1CN2C(=C([N+](=O)[O-])[C@@]3(O)c4cccc5cccc(c45)[C@@]23O)N1. The maximum Gasteiger partial charge on any atom is 0.327 e. The summed E-state index contributed by atoms with van der Waals surface area (Å²) in [6, 6.07) is 10.6. The van der Waals surface area contributed by atoms with Crippen molar-refractivity contribution in [1.82, 2.24) is 10.2 Å². The van der Waals surface area contributed by atoms with Gasteiger partial charge in [0.2, 0.25) is 11.3 Å². The highest BCUT2D eigenvalue weighted by Gasteiger charge is 2.74. The summed E-state index contributed by atoms with van der Waals surface area (Å²) in [7, 11) is 0. The molecule has 3 atom stereocenters. The standard InChI is InChI=1S/C17H15N3O4/c1-9-8-19-15(18-9)14(20(23)24)16(21)11-6-2-4-10-5-3-7-12(13(10)11)17(16,19)22/h2-7,9,18,21-22H,8H2,1H3/t9?,16-,17-/m0/s1. The Hall–Kier alpha value is -2.64. The molecule has 122 valence electrons. The first-order chi connectivity index (χ1) is 11.4. The molecule has 7 nitrogen and oxygen atoms in total. The van der Waals surface area contributed by atoms with Gasteiger partial charge in [0, 0.05) is 23.7 Å². The molecule has 5 rings (SSSR count). The third-order valence-electron chi connectivity index (χ3n) is 5.42. The molecule has 2 heterocycles. The Morgan fingerprint density at radius 2 is 1.92 bits per heavy atom. The van der Waals surface area contributed by atoms with Gasteiger partial charge in [-0.05, 0) is 17.7 Å². The predicted molar refractivity (Wildman–Crippen MR) is 85.1 cm³/mol. The Balaban J connectivity index is 1.95. The number of nitro groups is 1. The van der Waals surface area contributed by atoms with Crippen molar-refractivity contribution in [3.05, 3.63) is 69.2 Å². The normalized spacial score (nSPS) is 33.0. The molecule has 1 fully saturated rings. The summed E-state index contributed by atoms with van der Waals surface area (Å²) < 4.78 is 0. The number of nitrogens with one attached hydrogen (secondary N) is 1. The Bertz CT molecular complexity index is 966. The third-order valence-corrected chi connectivity index (χ3v) is 5.42. The molecular weight excluding hydrogens is 310 g/mol. The minimum absolute atomic E-state index is 0.0635. The van der Waals surface area contributed by atoms with Crippen molar-refractivity contribution in [1.29, 1.82) is 0 Å². The van der Waals surface area contributed by atoms with Crippen molar-refractivity contribution in [3.8, 4) is 0 Å². The first kappa shape index (κ1) is 13.8. The van der Waals surface area contributed by atoms with E-state index >= 15 is 0 Å². The molecule has 0 saturated carbocycles. The van der Waals surface area contributed by atoms with Crippen molar-refractivity contribution in [2.45, 2.75) is 24.3 Å². The third kappa shape index (κ3) is 1.18. The fraction of sp³-hybridized carbons (Fsp3) is 0.294. The zero-order valence-electron chi connectivity index (χ0n) is 12.9. The van der Waals surface area contributed by atoms with Crippen LogP contribution in [0.25, 0.3) is 10.8 Å². The first-order valence-electron chi connectivity index (χ1n) is 7.81. The van der Waals surface area contributed by atoms with Gasteiger partial charge in [-0.1, -0.05) is 36.4 Å². The Morgan fingerprint density at radius 3 is 2.58 bits per heavy atom. The van der Waals surface area contributed by atoms with E-state index in [-0.39, 0.29) is 11.9 Å². The summed E-state index contributed by atoms with van der Waals surface area (Å²) in [5, 5.41) is 39.5. The van der Waals surface area contributed by atoms with Crippen LogP contribution >= 0.6 is 0 Å². The van der Waals surface area contributed by atoms with Crippen LogP contribution in [0.15, 0.2) is 47.9 Å². The highest BCUT2D eigenvalue weighted by Crippen LogP contribution is 2.62. The van der Waals surface area contributed by atoms with E-state index in [1.54, 1.807) is 24.3 Å². The van der Waals surface area contributed by atoms with E-state index in [1.807, 2.05) is 19.1 Å². The monoisotopic (exact) mass is 325 g/mol. The van der Waals surface area contributed by atoms with Gasteiger partial charge in [-0.25, -0.2) is 0 Å². The minimum Gasteiger partial charge on any atom is -0.370 e. The smallest absolute Gasteiger partial charge is 0.327 e. The van der Waals surface area contributed by atoms with Crippen molar-refractivity contribution < 1.29 is 15.1 Å². The molecule has 2 aromatic rings. The van der Waals surface area contributed by atoms with Crippen LogP contribution in [-0.2, 0) is 11.3 Å². The van der Waals surface area contributed by atoms with Gasteiger partial charge in [0.05, 0.1) is 4.92 Å². The van der Waals surface area contributed by atoms with Crippen molar-refractivity contribution in [3.63, 3.8) is 0 Å². The Labute approximate surface area is 137 Å². The van der Waals surface area contributed by atoms with Crippen molar-refractivity contribution in [2.75, 3.05) is 6.54 Å². The van der Waals surface area contributed by atoms with Gasteiger partial charge in [-0.2, -0.15) is 0 Å². The molecule has 0 radical (unpaired) electrons. The second-order valence-electron chi connectivity index (χ2n) is 6.70. The summed E-state index contributed by atoms with van der Waals surface area (Å²) in [4.78, 5) is 12.8. The topological polar surface area (TPSA) is 98.9 Å². The van der Waals surface area contributed by atoms with E-state index in [2.05, 4.69) is 5.32 Å². The van der Waals surface area contributed by atoms with E-state index in [0.29, 0.717) is 23.1 Å². The van der Waals surface area contributed by atoms with Gasteiger partial charge in [-0.15, -0.1) is 0 Å². The average molecular weight is 325 g/mol. The number of rotatable bonds is 1. The van der Waals surface area contributed by atoms with Crippen LogP contribution in [0.3, 0.4) is 0 Å². The Kier molecular flexibility index (Phi) is 2.22. The van der Waals surface area contributed by atoms with E-state index in [9.17, 15) is 20.3 Å². The van der Waals surface area contributed by atoms with E-state index in [1.165, 1.54) is 4.90 Å². The number of benzene rings is 2. The van der Waals surface area contributed by atoms with Crippen molar-refractivity contribution >= 4 is 10.8 Å². The lowest BCUT2D eigenvalue weighted by atomic mass is 9.86. The molecule has 0 bridgehead atoms. The summed E-state index contributed by atoms with van der Waals surface area (Å²) in [5.41, 5.74) is -3.50. The highest BCUT2D eigenvalue weighted by molar-refractivity contribution is 5.94. The number of nitrogens with zero attached hydrogens (tertiary/aromatic N) is 2. The molecular formula is C17H15N3O4. The number of fused-ring (bicyclic) bond motifs is 5. The number of aliphatic hydroxyl groups is 2. The minimum atomic E-state index is -2.11. The Morgan fingerprint density at radius 1 is 1.25 bits per heavy atom. The van der Waals surface area contributed by atoms with Gasteiger partial charge in [0.15, 0.2) is 5.82 Å². The maximum absolute atomic E-state index is 11.8. The molecule has 2 aliphatic heterocycles. The lowest BCUT2D eigenvalue weighted by Crippen LogP contribution is -2.53. The summed E-state index contributed by atoms with van der Waals surface area (Å²) in [5.74, 6) is 0.198. The lowest BCUT2D eigenvalue weighted by Gasteiger charge is -2.37. The molecule has 24 heavy (non-hydrogen) atoms. The molecule has 0 aromatic heterocycles. The first-order valence-corrected chi connectivity index (χ1v) is 7.81. The largest absolute Gasteiger partial charge is 0.370 e. The van der Waals surface area contributed by atoms with Crippen LogP contribution in [0, 0.1) is 10.1 Å². The molecule has 1 saturated heterocycles. The maximum atomic E-state index is 11.8. The molecule has 0 spiro atoms. The number of hydrogen-bond donors (Lipinski definition) is 3. The summed E-state index contributed by atoms with van der Waals surface area (Å²) >= 11 is 0.